The van der Waals surface area contributed by atoms with Crippen LogP contribution in [0.15, 0.2) is 54.6 Å². The number of nitrogens with one attached hydrogen (secondary N) is 1. The van der Waals surface area contributed by atoms with Gasteiger partial charge < -0.3 is 24.6 Å². The molecule has 0 aliphatic carbocycles. The van der Waals surface area contributed by atoms with Gasteiger partial charge in [0.25, 0.3) is 0 Å². The van der Waals surface area contributed by atoms with Crippen molar-refractivity contribution in [1.82, 2.24) is 4.90 Å². The molecule has 5 rings (SSSR count). The largest absolute Gasteiger partial charge is 0.494 e. The van der Waals surface area contributed by atoms with Gasteiger partial charge in [0.05, 0.1) is 19.1 Å². The molecule has 8 nitrogen and oxygen atoms in total. The average molecular weight is 573 g/mol. The molecule has 0 spiro atoms. The fourth-order valence-electron chi connectivity index (χ4n) is 6.38. The molecule has 3 aromatic rings. The van der Waals surface area contributed by atoms with Crippen LogP contribution in [0.25, 0.3) is 0 Å². The Morgan fingerprint density at radius 1 is 1.00 bits per heavy atom. The molecule has 42 heavy (non-hydrogen) atoms. The monoisotopic (exact) mass is 572 g/mol. The number of amides is 1. The molecule has 3 atom stereocenters. The number of carboxylic acid groups (broad SMARTS) is 1. The van der Waals surface area contributed by atoms with E-state index in [-0.39, 0.29) is 25.2 Å². The molecule has 0 aromatic heterocycles. The molecule has 0 bridgehead atoms. The molecule has 222 valence electrons. The fourth-order valence-corrected chi connectivity index (χ4v) is 6.38. The Hall–Kier alpha value is -4.04. The summed E-state index contributed by atoms with van der Waals surface area (Å²) in [6.07, 6.45) is 2.50. The molecule has 1 amide bonds. The van der Waals surface area contributed by atoms with E-state index in [0.29, 0.717) is 24.7 Å². The van der Waals surface area contributed by atoms with Gasteiger partial charge in [0, 0.05) is 24.2 Å². The van der Waals surface area contributed by atoms with Crippen LogP contribution in [0.3, 0.4) is 0 Å². The zero-order chi connectivity index (χ0) is 29.8. The molecule has 3 aromatic carbocycles. The normalized spacial score (nSPS) is 19.6. The molecule has 0 unspecified atom stereocenters. The van der Waals surface area contributed by atoms with Crippen molar-refractivity contribution in [2.75, 3.05) is 31.8 Å². The quantitative estimate of drug-likeness (QED) is 0.286. The first-order chi connectivity index (χ1) is 20.4. The molecule has 8 heteroatoms. The predicted octanol–water partition coefficient (Wildman–Crippen LogP) is 6.12. The third kappa shape index (κ3) is 5.81. The maximum absolute atomic E-state index is 13.6. The molecular formula is C34H40N2O6. The van der Waals surface area contributed by atoms with E-state index in [1.807, 2.05) is 73.3 Å². The third-order valence-electron chi connectivity index (χ3n) is 8.42. The second-order valence-electron chi connectivity index (χ2n) is 11.0. The Bertz CT molecular complexity index is 1410. The van der Waals surface area contributed by atoms with E-state index in [2.05, 4.69) is 19.2 Å². The molecule has 2 aliphatic heterocycles. The summed E-state index contributed by atoms with van der Waals surface area (Å²) in [7, 11) is 0. The van der Waals surface area contributed by atoms with E-state index >= 15 is 0 Å². The van der Waals surface area contributed by atoms with Crippen molar-refractivity contribution < 1.29 is 28.9 Å². The predicted molar refractivity (Wildman–Crippen MR) is 162 cm³/mol. The lowest BCUT2D eigenvalue weighted by Crippen LogP contribution is -2.35. The van der Waals surface area contributed by atoms with E-state index in [0.717, 1.165) is 58.5 Å². The third-order valence-corrected chi connectivity index (χ3v) is 8.42. The van der Waals surface area contributed by atoms with Crippen molar-refractivity contribution in [3.8, 4) is 17.2 Å². The van der Waals surface area contributed by atoms with Crippen LogP contribution in [-0.2, 0) is 22.4 Å². The molecule has 0 saturated carbocycles. The van der Waals surface area contributed by atoms with Gasteiger partial charge in [-0.1, -0.05) is 57.2 Å². The van der Waals surface area contributed by atoms with Crippen molar-refractivity contribution >= 4 is 17.6 Å². The highest BCUT2D eigenvalue weighted by Gasteiger charge is 2.48. The Balaban J connectivity index is 1.50. The van der Waals surface area contributed by atoms with Crippen molar-refractivity contribution in [2.24, 2.45) is 5.92 Å². The number of aryl methyl sites for hydroxylation is 2. The summed E-state index contributed by atoms with van der Waals surface area (Å²) < 4.78 is 17.1. The molecule has 1 saturated heterocycles. The number of para-hydroxylation sites is 1. The minimum Gasteiger partial charge on any atom is -0.494 e. The number of anilines is 1. The maximum atomic E-state index is 13.6. The van der Waals surface area contributed by atoms with E-state index in [1.165, 1.54) is 0 Å². The number of rotatable bonds is 11. The minimum atomic E-state index is -0.902. The Morgan fingerprint density at radius 2 is 1.71 bits per heavy atom. The van der Waals surface area contributed by atoms with Crippen LogP contribution in [0.2, 0.25) is 0 Å². The highest BCUT2D eigenvalue weighted by atomic mass is 16.7. The van der Waals surface area contributed by atoms with Crippen LogP contribution < -0.4 is 19.5 Å². The number of ether oxygens (including phenoxy) is 3. The zero-order valence-corrected chi connectivity index (χ0v) is 24.8. The molecule has 2 N–H and O–H groups in total. The van der Waals surface area contributed by atoms with Crippen LogP contribution in [0.1, 0.15) is 67.0 Å². The lowest BCUT2D eigenvalue weighted by atomic mass is 9.81. The SMILES string of the molecule is CCCOc1ccc([C@H]2[C@H](C(=O)O)[C@@H](c3ccc4c(c3C)OCO4)CN2CC(=O)Nc2c(CC)cccc2CC)cc1. The molecular weight excluding hydrogens is 532 g/mol. The second-order valence-corrected chi connectivity index (χ2v) is 11.0. The molecule has 1 fully saturated rings. The zero-order valence-electron chi connectivity index (χ0n) is 24.8. The number of hydrogen-bond donors (Lipinski definition) is 2. The van der Waals surface area contributed by atoms with Gasteiger partial charge in [-0.05, 0) is 72.2 Å². The fraction of sp³-hybridized carbons (Fsp3) is 0.412. The summed E-state index contributed by atoms with van der Waals surface area (Å²) >= 11 is 0. The van der Waals surface area contributed by atoms with Gasteiger partial charge in [-0.15, -0.1) is 0 Å². The molecule has 2 aliphatic rings. The minimum absolute atomic E-state index is 0.0594. The summed E-state index contributed by atoms with van der Waals surface area (Å²) in [6, 6.07) is 17.0. The molecule has 2 heterocycles. The number of fused-ring (bicyclic) bond motifs is 1. The van der Waals surface area contributed by atoms with Gasteiger partial charge in [0.15, 0.2) is 11.5 Å². The van der Waals surface area contributed by atoms with Crippen molar-refractivity contribution in [3.63, 3.8) is 0 Å². The van der Waals surface area contributed by atoms with Crippen LogP contribution in [0.4, 0.5) is 5.69 Å². The van der Waals surface area contributed by atoms with Gasteiger partial charge in [0.2, 0.25) is 12.7 Å². The van der Waals surface area contributed by atoms with Crippen molar-refractivity contribution in [1.29, 1.82) is 0 Å². The second kappa shape index (κ2) is 12.9. The number of carbonyl (C=O) groups is 2. The Morgan fingerprint density at radius 3 is 2.36 bits per heavy atom. The van der Waals surface area contributed by atoms with Gasteiger partial charge in [-0.25, -0.2) is 0 Å². The number of carboxylic acids is 1. The number of aliphatic carboxylic acids is 1. The molecule has 0 radical (unpaired) electrons. The van der Waals surface area contributed by atoms with Crippen molar-refractivity contribution in [3.05, 3.63) is 82.4 Å². The Kier molecular flexibility index (Phi) is 9.02. The highest BCUT2D eigenvalue weighted by molar-refractivity contribution is 5.94. The van der Waals surface area contributed by atoms with Gasteiger partial charge in [0.1, 0.15) is 5.75 Å². The van der Waals surface area contributed by atoms with Crippen LogP contribution >= 0.6 is 0 Å². The summed E-state index contributed by atoms with van der Waals surface area (Å²) in [6.45, 7) is 9.36. The highest BCUT2D eigenvalue weighted by Crippen LogP contribution is 2.49. The van der Waals surface area contributed by atoms with E-state index in [1.54, 1.807) is 0 Å². The van der Waals surface area contributed by atoms with E-state index in [4.69, 9.17) is 14.2 Å². The summed E-state index contributed by atoms with van der Waals surface area (Å²) in [5, 5.41) is 13.8. The number of carbonyl (C=O) groups excluding carboxylic acids is 1. The summed E-state index contributed by atoms with van der Waals surface area (Å²) in [4.78, 5) is 28.6. The van der Waals surface area contributed by atoms with Crippen molar-refractivity contribution in [2.45, 2.75) is 58.9 Å². The average Bonchev–Trinajstić information content (AvgIpc) is 3.62. The van der Waals surface area contributed by atoms with Gasteiger partial charge >= 0.3 is 5.97 Å². The number of nitrogens with zero attached hydrogens (tertiary/aromatic N) is 1. The maximum Gasteiger partial charge on any atom is 0.309 e. The van der Waals surface area contributed by atoms with Gasteiger partial charge in [-0.3, -0.25) is 14.5 Å². The summed E-state index contributed by atoms with van der Waals surface area (Å²) in [5.74, 6) is -0.149. The topological polar surface area (TPSA) is 97.3 Å². The smallest absolute Gasteiger partial charge is 0.309 e. The lowest BCUT2D eigenvalue weighted by molar-refractivity contribution is -0.143. The van der Waals surface area contributed by atoms with Gasteiger partial charge in [-0.2, -0.15) is 0 Å². The van der Waals surface area contributed by atoms with Crippen LogP contribution in [-0.4, -0.2) is 48.4 Å². The first-order valence-corrected chi connectivity index (χ1v) is 14.8. The number of hydrogen-bond acceptors (Lipinski definition) is 6. The van der Waals surface area contributed by atoms with E-state index in [9.17, 15) is 14.7 Å². The number of likely N-dealkylation sites (tertiary alicyclic amines) is 1. The van der Waals surface area contributed by atoms with E-state index < -0.39 is 17.9 Å². The lowest BCUT2D eigenvalue weighted by Gasteiger charge is -2.27. The van der Waals surface area contributed by atoms with Crippen LogP contribution in [0.5, 0.6) is 17.2 Å². The number of benzene rings is 3. The first kappa shape index (κ1) is 29.5. The first-order valence-electron chi connectivity index (χ1n) is 14.8. The summed E-state index contributed by atoms with van der Waals surface area (Å²) in [5.41, 5.74) is 5.63. The van der Waals surface area contributed by atoms with Crippen LogP contribution in [0, 0.1) is 12.8 Å². The standard InChI is InChI=1S/C34H40N2O6/c1-5-17-40-25-13-11-24(12-14-25)32-30(34(38)39)27(26-15-16-28-33(21(26)4)42-20-41-28)18-36(32)19-29(37)35-31-22(6-2)9-8-10-23(31)7-3/h8-16,27,30,32H,5-7,17-20H2,1-4H3,(H,35,37)(H,38,39)/t27-,30-,32+/m1/s1. The Labute approximate surface area is 247 Å².